The van der Waals surface area contributed by atoms with Crippen molar-refractivity contribution in [3.8, 4) is 0 Å². The summed E-state index contributed by atoms with van der Waals surface area (Å²) in [5.74, 6) is 4.29. The van der Waals surface area contributed by atoms with E-state index in [1.165, 1.54) is 7.11 Å². The molecule has 0 amide bonds. The van der Waals surface area contributed by atoms with Gasteiger partial charge in [-0.25, -0.2) is 4.79 Å². The zero-order valence-electron chi connectivity index (χ0n) is 12.0. The van der Waals surface area contributed by atoms with Crippen LogP contribution in [0.25, 0.3) is 0 Å². The molecule has 0 fully saturated rings. The molecule has 1 aromatic carbocycles. The molecule has 1 aromatic rings. The van der Waals surface area contributed by atoms with Gasteiger partial charge in [0.2, 0.25) is 0 Å². The molecule has 4 N–H and O–H groups in total. The van der Waals surface area contributed by atoms with E-state index in [-0.39, 0.29) is 5.71 Å². The van der Waals surface area contributed by atoms with Crippen molar-refractivity contribution in [3.63, 3.8) is 0 Å². The molecule has 8 nitrogen and oxygen atoms in total. The molecule has 0 heterocycles. The Bertz CT molecular complexity index is 557. The lowest BCUT2D eigenvalue weighted by molar-refractivity contribution is -0.129. The first kappa shape index (κ1) is 16.4. The summed E-state index contributed by atoms with van der Waals surface area (Å²) in [4.78, 5) is 21.2. The Morgan fingerprint density at radius 1 is 1.43 bits per heavy atom. The van der Waals surface area contributed by atoms with Gasteiger partial charge >= 0.3 is 5.97 Å². The monoisotopic (exact) mass is 294 g/mol. The van der Waals surface area contributed by atoms with Gasteiger partial charge in [-0.15, -0.1) is 0 Å². The van der Waals surface area contributed by atoms with E-state index in [1.807, 2.05) is 0 Å². The van der Waals surface area contributed by atoms with Crippen LogP contribution in [0.5, 0.6) is 0 Å². The second-order valence-corrected chi connectivity index (χ2v) is 4.09. The second-order valence-electron chi connectivity index (χ2n) is 4.09. The van der Waals surface area contributed by atoms with Crippen molar-refractivity contribution in [1.82, 2.24) is 5.48 Å². The highest BCUT2D eigenvalue weighted by Gasteiger charge is 2.20. The Balaban J connectivity index is 3.08. The Hall–Kier alpha value is -2.61. The van der Waals surface area contributed by atoms with Crippen LogP contribution in [0.15, 0.2) is 34.5 Å². The molecule has 0 radical (unpaired) electrons. The molecule has 0 aromatic heterocycles. The number of nitrogens with zero attached hydrogens (tertiary/aromatic N) is 2. The third-order valence-electron chi connectivity index (χ3n) is 2.62. The van der Waals surface area contributed by atoms with Gasteiger partial charge in [0.1, 0.15) is 19.0 Å². The molecule has 0 aliphatic heterocycles. The normalized spacial score (nSPS) is 13.7. The number of oxime groups is 1. The number of amidine groups is 1. The summed E-state index contributed by atoms with van der Waals surface area (Å²) in [6.45, 7) is 3.38. The van der Waals surface area contributed by atoms with E-state index in [2.05, 4.69) is 20.6 Å². The van der Waals surface area contributed by atoms with E-state index in [1.54, 1.807) is 38.1 Å². The Morgan fingerprint density at radius 3 is 2.67 bits per heavy atom. The minimum Gasteiger partial charge on any atom is -0.476 e. The fourth-order valence-electron chi connectivity index (χ4n) is 1.63. The van der Waals surface area contributed by atoms with Crippen molar-refractivity contribution in [2.45, 2.75) is 20.0 Å². The van der Waals surface area contributed by atoms with E-state index in [0.717, 1.165) is 0 Å². The van der Waals surface area contributed by atoms with Crippen LogP contribution >= 0.6 is 0 Å². The zero-order valence-corrected chi connectivity index (χ0v) is 12.0. The number of aliphatic carboxylic acids is 1. The molecule has 114 valence electrons. The quantitative estimate of drug-likeness (QED) is 0.312. The average Bonchev–Trinajstić information content (AvgIpc) is 2.49. The minimum atomic E-state index is -1.19. The molecule has 0 saturated heterocycles. The maximum Gasteiger partial charge on any atom is 0.358 e. The summed E-state index contributed by atoms with van der Waals surface area (Å²) in [6, 6.07) is 6.85. The van der Waals surface area contributed by atoms with Crippen LogP contribution in [-0.4, -0.2) is 29.7 Å². The number of carbonyl (C=O) groups is 1. The summed E-state index contributed by atoms with van der Waals surface area (Å²) < 4.78 is 0. The number of carboxylic acids is 1. The number of carboxylic acid groups (broad SMARTS) is 1. The van der Waals surface area contributed by atoms with E-state index >= 15 is 0 Å². The first-order valence-corrected chi connectivity index (χ1v) is 6.11. The van der Waals surface area contributed by atoms with E-state index in [9.17, 15) is 9.90 Å². The van der Waals surface area contributed by atoms with Gasteiger partial charge in [0.05, 0.1) is 0 Å². The molecule has 0 spiro atoms. The van der Waals surface area contributed by atoms with Crippen LogP contribution < -0.4 is 11.3 Å². The third kappa shape index (κ3) is 4.46. The minimum absolute atomic E-state index is 0.201. The smallest absolute Gasteiger partial charge is 0.358 e. The molecule has 1 unspecified atom stereocenters. The van der Waals surface area contributed by atoms with E-state index < -0.39 is 12.1 Å². The molecule has 21 heavy (non-hydrogen) atoms. The standard InChI is InChI=1S/C13H18N4O4/c1-8(21-16-9(2)15-14)10-6-4-5-7-11(10)12(13(18)19)17-20-3/h4-8H,14H2,1-3H3,(H,15,16)(H,18,19)/b17-12+. The average molecular weight is 294 g/mol. The van der Waals surface area contributed by atoms with Crippen molar-refractivity contribution in [2.24, 2.45) is 16.1 Å². The van der Waals surface area contributed by atoms with E-state index in [0.29, 0.717) is 17.0 Å². The molecule has 0 bridgehead atoms. The predicted molar refractivity (Wildman–Crippen MR) is 77.6 cm³/mol. The van der Waals surface area contributed by atoms with Gasteiger partial charge in [-0.3, -0.25) is 10.3 Å². The van der Waals surface area contributed by atoms with Crippen molar-refractivity contribution < 1.29 is 19.6 Å². The van der Waals surface area contributed by atoms with Gasteiger partial charge in [0, 0.05) is 5.56 Å². The number of nitrogens with one attached hydrogen (secondary N) is 1. The fraction of sp³-hybridized carbons (Fsp3) is 0.308. The summed E-state index contributed by atoms with van der Waals surface area (Å²) >= 11 is 0. The number of benzene rings is 1. The third-order valence-corrected chi connectivity index (χ3v) is 2.62. The molecule has 1 rings (SSSR count). The molecular weight excluding hydrogens is 276 g/mol. The van der Waals surface area contributed by atoms with Gasteiger partial charge in [-0.2, -0.15) is 5.10 Å². The summed E-state index contributed by atoms with van der Waals surface area (Å²) in [6.07, 6.45) is -0.459. The number of hydrogen-bond donors (Lipinski definition) is 3. The van der Waals surface area contributed by atoms with Crippen LogP contribution in [0.2, 0.25) is 0 Å². The van der Waals surface area contributed by atoms with Crippen LogP contribution in [0.1, 0.15) is 31.1 Å². The van der Waals surface area contributed by atoms with Crippen LogP contribution in [-0.2, 0) is 14.5 Å². The first-order chi connectivity index (χ1) is 10.0. The number of hydroxylamine groups is 1. The van der Waals surface area contributed by atoms with Gasteiger partial charge in [-0.05, 0) is 19.4 Å². The van der Waals surface area contributed by atoms with Gasteiger partial charge in [0.15, 0.2) is 5.71 Å². The molecule has 0 saturated carbocycles. The number of hydrogen-bond acceptors (Lipinski definition) is 6. The molecule has 0 aliphatic carbocycles. The second kappa shape index (κ2) is 7.85. The fourth-order valence-corrected chi connectivity index (χ4v) is 1.63. The number of rotatable bonds is 6. The number of hydrazone groups is 1. The zero-order chi connectivity index (χ0) is 15.8. The lowest BCUT2D eigenvalue weighted by atomic mass is 9.99. The van der Waals surface area contributed by atoms with Gasteiger partial charge < -0.3 is 15.8 Å². The maximum atomic E-state index is 11.3. The predicted octanol–water partition coefficient (Wildman–Crippen LogP) is 0.996. The largest absolute Gasteiger partial charge is 0.476 e. The highest BCUT2D eigenvalue weighted by molar-refractivity contribution is 6.42. The molecule has 8 heteroatoms. The SMILES string of the molecule is CO/N=C(/C(=O)O)c1ccccc1C(C)ON/C(C)=N/N. The van der Waals surface area contributed by atoms with Crippen LogP contribution in [0.4, 0.5) is 0 Å². The number of nitrogens with two attached hydrogens (primary N) is 1. The Kier molecular flexibility index (Phi) is 6.15. The van der Waals surface area contributed by atoms with E-state index in [4.69, 9.17) is 10.7 Å². The van der Waals surface area contributed by atoms with Crippen molar-refractivity contribution >= 4 is 17.5 Å². The highest BCUT2D eigenvalue weighted by Crippen LogP contribution is 2.21. The van der Waals surface area contributed by atoms with Crippen molar-refractivity contribution in [2.75, 3.05) is 7.11 Å². The van der Waals surface area contributed by atoms with Crippen molar-refractivity contribution in [3.05, 3.63) is 35.4 Å². The van der Waals surface area contributed by atoms with Gasteiger partial charge in [0.25, 0.3) is 0 Å². The van der Waals surface area contributed by atoms with Crippen LogP contribution in [0.3, 0.4) is 0 Å². The highest BCUT2D eigenvalue weighted by atomic mass is 16.7. The summed E-state index contributed by atoms with van der Waals surface area (Å²) in [5, 5.41) is 16.2. The van der Waals surface area contributed by atoms with Crippen molar-refractivity contribution in [1.29, 1.82) is 0 Å². The Labute approximate surface area is 122 Å². The maximum absolute atomic E-state index is 11.3. The molecule has 0 aliphatic rings. The summed E-state index contributed by atoms with van der Waals surface area (Å²) in [5.41, 5.74) is 3.40. The molecule has 1 atom stereocenters. The topological polar surface area (TPSA) is 119 Å². The Morgan fingerprint density at radius 2 is 2.10 bits per heavy atom. The summed E-state index contributed by atoms with van der Waals surface area (Å²) in [7, 11) is 1.29. The van der Waals surface area contributed by atoms with Gasteiger partial charge in [-0.1, -0.05) is 29.4 Å². The lowest BCUT2D eigenvalue weighted by Crippen LogP contribution is -2.25. The first-order valence-electron chi connectivity index (χ1n) is 6.11. The molecular formula is C13H18N4O4. The lowest BCUT2D eigenvalue weighted by Gasteiger charge is -2.17. The van der Waals surface area contributed by atoms with Crippen LogP contribution in [0, 0.1) is 0 Å².